The second-order valence-electron chi connectivity index (χ2n) is 3.59. The molecule has 3 nitrogen and oxygen atoms in total. The zero-order valence-electron chi connectivity index (χ0n) is 8.95. The topological polar surface area (TPSA) is 42.2 Å². The van der Waals surface area contributed by atoms with Crippen LogP contribution in [0, 0.1) is 9.39 Å². The first kappa shape index (κ1) is 12.1. The second kappa shape index (κ2) is 4.48. The molecule has 1 aromatic heterocycles. The average molecular weight is 345 g/mol. The summed E-state index contributed by atoms with van der Waals surface area (Å²) in [5.41, 5.74) is 1.79. The molecule has 88 valence electrons. The summed E-state index contributed by atoms with van der Waals surface area (Å²) < 4.78 is 15.3. The van der Waals surface area contributed by atoms with Gasteiger partial charge < -0.3 is 9.67 Å². The van der Waals surface area contributed by atoms with Crippen molar-refractivity contribution in [3.8, 4) is 11.3 Å². The van der Waals surface area contributed by atoms with Gasteiger partial charge in [-0.2, -0.15) is 0 Å². The number of benzene rings is 1. The molecule has 0 unspecified atom stereocenters. The quantitative estimate of drug-likeness (QED) is 0.850. The molecule has 0 fully saturated rings. The van der Waals surface area contributed by atoms with Crippen molar-refractivity contribution in [2.45, 2.75) is 0 Å². The first-order chi connectivity index (χ1) is 8.00. The van der Waals surface area contributed by atoms with E-state index in [1.54, 1.807) is 23.7 Å². The van der Waals surface area contributed by atoms with Gasteiger partial charge in [-0.3, -0.25) is 0 Å². The summed E-state index contributed by atoms with van der Waals surface area (Å²) in [6.45, 7) is 0. The number of aromatic nitrogens is 1. The average Bonchev–Trinajstić information content (AvgIpc) is 2.60. The fraction of sp³-hybridized carbons (Fsp3) is 0.0833. The van der Waals surface area contributed by atoms with Gasteiger partial charge in [-0.15, -0.1) is 0 Å². The smallest absolute Gasteiger partial charge is 0.352 e. The van der Waals surface area contributed by atoms with E-state index in [4.69, 9.17) is 5.11 Å². The van der Waals surface area contributed by atoms with Crippen LogP contribution in [0.2, 0.25) is 0 Å². The Bertz CT molecular complexity index is 592. The summed E-state index contributed by atoms with van der Waals surface area (Å²) in [7, 11) is 1.68. The Morgan fingerprint density at radius 3 is 2.59 bits per heavy atom. The number of carboxylic acid groups (broad SMARTS) is 1. The van der Waals surface area contributed by atoms with Gasteiger partial charge in [-0.25, -0.2) is 9.18 Å². The summed E-state index contributed by atoms with van der Waals surface area (Å²) >= 11 is 2.03. The summed E-state index contributed by atoms with van der Waals surface area (Å²) in [5, 5.41) is 8.96. The van der Waals surface area contributed by atoms with Crippen molar-refractivity contribution in [1.82, 2.24) is 4.57 Å². The van der Waals surface area contributed by atoms with Crippen molar-refractivity contribution in [3.63, 3.8) is 0 Å². The number of rotatable bonds is 2. The number of halogens is 2. The summed E-state index contributed by atoms with van der Waals surface area (Å²) in [6.07, 6.45) is 0. The Morgan fingerprint density at radius 1 is 1.35 bits per heavy atom. The van der Waals surface area contributed by atoms with E-state index in [0.29, 0.717) is 0 Å². The molecule has 0 aliphatic heterocycles. The minimum absolute atomic E-state index is 0.208. The minimum Gasteiger partial charge on any atom is -0.477 e. The van der Waals surface area contributed by atoms with Crippen molar-refractivity contribution in [1.29, 1.82) is 0 Å². The highest BCUT2D eigenvalue weighted by Crippen LogP contribution is 2.27. The van der Waals surface area contributed by atoms with Gasteiger partial charge in [-0.05, 0) is 52.9 Å². The lowest BCUT2D eigenvalue weighted by Gasteiger charge is -2.07. The lowest BCUT2D eigenvalue weighted by Crippen LogP contribution is -2.05. The van der Waals surface area contributed by atoms with E-state index in [9.17, 15) is 9.18 Å². The van der Waals surface area contributed by atoms with E-state index in [1.165, 1.54) is 18.2 Å². The van der Waals surface area contributed by atoms with Crippen LogP contribution in [0.5, 0.6) is 0 Å². The van der Waals surface area contributed by atoms with Crippen LogP contribution in [0.1, 0.15) is 10.5 Å². The van der Waals surface area contributed by atoms with Crippen molar-refractivity contribution in [3.05, 3.63) is 45.4 Å². The molecular formula is C12H9FINO2. The van der Waals surface area contributed by atoms with Crippen molar-refractivity contribution in [2.75, 3.05) is 0 Å². The molecule has 0 aliphatic rings. The minimum atomic E-state index is -0.976. The van der Waals surface area contributed by atoms with Crippen LogP contribution in [-0.2, 0) is 7.05 Å². The van der Waals surface area contributed by atoms with E-state index in [-0.39, 0.29) is 11.5 Å². The molecule has 0 radical (unpaired) electrons. The van der Waals surface area contributed by atoms with E-state index < -0.39 is 5.97 Å². The lowest BCUT2D eigenvalue weighted by atomic mass is 10.1. The SMILES string of the molecule is Cn1c(C(=O)O)ccc1-c1ccc(F)cc1I. The van der Waals surface area contributed by atoms with E-state index in [1.807, 2.05) is 22.6 Å². The molecule has 2 aromatic rings. The summed E-state index contributed by atoms with van der Waals surface area (Å²) in [5.74, 6) is -1.28. The van der Waals surface area contributed by atoms with Gasteiger partial charge in [0.25, 0.3) is 0 Å². The van der Waals surface area contributed by atoms with E-state index in [0.717, 1.165) is 14.8 Å². The van der Waals surface area contributed by atoms with Crippen LogP contribution in [-0.4, -0.2) is 15.6 Å². The fourth-order valence-corrected chi connectivity index (χ4v) is 2.45. The molecule has 1 N–H and O–H groups in total. The normalized spacial score (nSPS) is 10.5. The van der Waals surface area contributed by atoms with Crippen molar-refractivity contribution in [2.24, 2.45) is 7.05 Å². The second-order valence-corrected chi connectivity index (χ2v) is 4.75. The Labute approximate surface area is 111 Å². The van der Waals surface area contributed by atoms with Crippen LogP contribution >= 0.6 is 22.6 Å². The van der Waals surface area contributed by atoms with Gasteiger partial charge in [0.1, 0.15) is 11.5 Å². The molecule has 0 aliphatic carbocycles. The van der Waals surface area contributed by atoms with Crippen molar-refractivity contribution >= 4 is 28.6 Å². The number of carboxylic acids is 1. The number of hydrogen-bond acceptors (Lipinski definition) is 1. The van der Waals surface area contributed by atoms with Crippen LogP contribution in [0.15, 0.2) is 30.3 Å². The number of aromatic carboxylic acids is 1. The fourth-order valence-electron chi connectivity index (χ4n) is 1.69. The van der Waals surface area contributed by atoms with Crippen LogP contribution < -0.4 is 0 Å². The van der Waals surface area contributed by atoms with Gasteiger partial charge >= 0.3 is 5.97 Å². The first-order valence-corrected chi connectivity index (χ1v) is 5.93. The van der Waals surface area contributed by atoms with Gasteiger partial charge in [0.15, 0.2) is 0 Å². The Hall–Kier alpha value is -1.37. The molecular weight excluding hydrogens is 336 g/mol. The maximum Gasteiger partial charge on any atom is 0.352 e. The molecule has 0 atom stereocenters. The molecule has 0 amide bonds. The van der Waals surface area contributed by atoms with Gasteiger partial charge in [-0.1, -0.05) is 0 Å². The first-order valence-electron chi connectivity index (χ1n) is 4.85. The van der Waals surface area contributed by atoms with Crippen LogP contribution in [0.25, 0.3) is 11.3 Å². The predicted molar refractivity (Wildman–Crippen MR) is 70.5 cm³/mol. The van der Waals surface area contributed by atoms with Crippen molar-refractivity contribution < 1.29 is 14.3 Å². The molecule has 17 heavy (non-hydrogen) atoms. The third-order valence-electron chi connectivity index (χ3n) is 2.55. The van der Waals surface area contributed by atoms with Gasteiger partial charge in [0.05, 0.1) is 0 Å². The van der Waals surface area contributed by atoms with Gasteiger partial charge in [0.2, 0.25) is 0 Å². The van der Waals surface area contributed by atoms with E-state index >= 15 is 0 Å². The highest BCUT2D eigenvalue weighted by atomic mass is 127. The van der Waals surface area contributed by atoms with E-state index in [2.05, 4.69) is 0 Å². The largest absolute Gasteiger partial charge is 0.477 e. The van der Waals surface area contributed by atoms with Gasteiger partial charge in [0, 0.05) is 21.9 Å². The number of nitrogens with zero attached hydrogens (tertiary/aromatic N) is 1. The number of carbonyl (C=O) groups is 1. The summed E-state index contributed by atoms with van der Waals surface area (Å²) in [4.78, 5) is 10.9. The van der Waals surface area contributed by atoms with Crippen LogP contribution in [0.3, 0.4) is 0 Å². The Morgan fingerprint density at radius 2 is 2.06 bits per heavy atom. The highest BCUT2D eigenvalue weighted by molar-refractivity contribution is 14.1. The highest BCUT2D eigenvalue weighted by Gasteiger charge is 2.14. The molecule has 1 heterocycles. The molecule has 0 bridgehead atoms. The molecule has 0 spiro atoms. The number of hydrogen-bond donors (Lipinski definition) is 1. The molecule has 1 aromatic carbocycles. The molecule has 0 saturated carbocycles. The maximum absolute atomic E-state index is 13.0. The Balaban J connectivity index is 2.57. The zero-order valence-corrected chi connectivity index (χ0v) is 11.1. The zero-order chi connectivity index (χ0) is 12.6. The van der Waals surface area contributed by atoms with Crippen LogP contribution in [0.4, 0.5) is 4.39 Å². The standard InChI is InChI=1S/C12H9FINO2/c1-15-10(4-5-11(15)12(16)17)8-3-2-7(13)6-9(8)14/h2-6H,1H3,(H,16,17). The molecule has 5 heteroatoms. The summed E-state index contributed by atoms with van der Waals surface area (Å²) in [6, 6.07) is 7.70. The molecule has 0 saturated heterocycles. The monoisotopic (exact) mass is 345 g/mol. The Kier molecular flexibility index (Phi) is 3.19. The lowest BCUT2D eigenvalue weighted by molar-refractivity contribution is 0.0687. The third kappa shape index (κ3) is 2.19. The predicted octanol–water partition coefficient (Wildman–Crippen LogP) is 3.13. The third-order valence-corrected chi connectivity index (χ3v) is 3.44. The maximum atomic E-state index is 13.0. The molecule has 2 rings (SSSR count).